The van der Waals surface area contributed by atoms with Gasteiger partial charge in [0, 0.05) is 29.7 Å². The third kappa shape index (κ3) is 5.39. The molecule has 0 fully saturated rings. The minimum atomic E-state index is -0.968. The average molecular weight is 464 g/mol. The van der Waals surface area contributed by atoms with Gasteiger partial charge in [0.15, 0.2) is 11.0 Å². The SMILES string of the molecule is O=C(CSc1nnc(-c2ccncc2)n1Cc1ccccc1)Nc1ccc(F)c([N+](=O)[O-])c1. The fourth-order valence-electron chi connectivity index (χ4n) is 3.08. The van der Waals surface area contributed by atoms with Gasteiger partial charge in [-0.3, -0.25) is 24.5 Å². The van der Waals surface area contributed by atoms with Gasteiger partial charge < -0.3 is 5.32 Å². The Hall–Kier alpha value is -4.12. The number of hydrogen-bond donors (Lipinski definition) is 1. The van der Waals surface area contributed by atoms with Gasteiger partial charge in [-0.1, -0.05) is 42.1 Å². The van der Waals surface area contributed by atoms with Crippen molar-refractivity contribution in [2.75, 3.05) is 11.1 Å². The molecule has 0 aliphatic carbocycles. The molecule has 4 aromatic rings. The number of nitrogens with zero attached hydrogens (tertiary/aromatic N) is 5. The number of benzene rings is 2. The van der Waals surface area contributed by atoms with E-state index in [1.165, 1.54) is 17.8 Å². The van der Waals surface area contributed by atoms with Crippen LogP contribution in [-0.4, -0.2) is 36.3 Å². The summed E-state index contributed by atoms with van der Waals surface area (Å²) in [4.78, 5) is 26.5. The van der Waals surface area contributed by atoms with Gasteiger partial charge in [-0.15, -0.1) is 10.2 Å². The molecular weight excluding hydrogens is 447 g/mol. The normalized spacial score (nSPS) is 10.7. The van der Waals surface area contributed by atoms with Gasteiger partial charge in [0.1, 0.15) is 0 Å². The van der Waals surface area contributed by atoms with Crippen LogP contribution < -0.4 is 5.32 Å². The van der Waals surface area contributed by atoms with Gasteiger partial charge in [-0.25, -0.2) is 0 Å². The van der Waals surface area contributed by atoms with Crippen LogP contribution in [0, 0.1) is 15.9 Å². The lowest BCUT2D eigenvalue weighted by molar-refractivity contribution is -0.387. The molecule has 0 radical (unpaired) electrons. The third-order valence-electron chi connectivity index (χ3n) is 4.60. The van der Waals surface area contributed by atoms with Crippen LogP contribution in [0.25, 0.3) is 11.4 Å². The second kappa shape index (κ2) is 10.0. The Kier molecular flexibility index (Phi) is 6.69. The highest BCUT2D eigenvalue weighted by molar-refractivity contribution is 7.99. The zero-order chi connectivity index (χ0) is 23.2. The fourth-order valence-corrected chi connectivity index (χ4v) is 3.81. The number of amides is 1. The molecule has 2 heterocycles. The molecule has 0 saturated heterocycles. The van der Waals surface area contributed by atoms with E-state index in [1.54, 1.807) is 12.4 Å². The molecule has 1 amide bonds. The Bertz CT molecular complexity index is 1280. The number of thioether (sulfide) groups is 1. The Morgan fingerprint density at radius 1 is 1.09 bits per heavy atom. The minimum absolute atomic E-state index is 0.0194. The summed E-state index contributed by atoms with van der Waals surface area (Å²) in [5, 5.41) is 22.5. The monoisotopic (exact) mass is 464 g/mol. The van der Waals surface area contributed by atoms with Crippen LogP contribution in [-0.2, 0) is 11.3 Å². The zero-order valence-corrected chi connectivity index (χ0v) is 17.9. The highest BCUT2D eigenvalue weighted by atomic mass is 32.2. The Labute approximate surface area is 191 Å². The number of nitro benzene ring substituents is 1. The fraction of sp³-hybridized carbons (Fsp3) is 0.0909. The summed E-state index contributed by atoms with van der Waals surface area (Å²) in [5.41, 5.74) is 1.31. The van der Waals surface area contributed by atoms with Crippen LogP contribution in [0.5, 0.6) is 0 Å². The zero-order valence-electron chi connectivity index (χ0n) is 17.1. The lowest BCUT2D eigenvalue weighted by Crippen LogP contribution is -2.15. The number of rotatable bonds is 8. The highest BCUT2D eigenvalue weighted by Gasteiger charge is 2.18. The van der Waals surface area contributed by atoms with Crippen LogP contribution in [0.3, 0.4) is 0 Å². The number of nitro groups is 1. The predicted molar refractivity (Wildman–Crippen MR) is 121 cm³/mol. The maximum Gasteiger partial charge on any atom is 0.306 e. The summed E-state index contributed by atoms with van der Waals surface area (Å²) < 4.78 is 15.4. The Balaban J connectivity index is 1.52. The van der Waals surface area contributed by atoms with Crippen molar-refractivity contribution < 1.29 is 14.1 Å². The number of nitrogens with one attached hydrogen (secondary N) is 1. The number of carbonyl (C=O) groups excluding carboxylic acids is 1. The molecule has 0 spiro atoms. The van der Waals surface area contributed by atoms with Gasteiger partial charge in [0.25, 0.3) is 0 Å². The van der Waals surface area contributed by atoms with Gasteiger partial charge >= 0.3 is 5.69 Å². The number of carbonyl (C=O) groups is 1. The van der Waals surface area contributed by atoms with Crippen molar-refractivity contribution in [3.63, 3.8) is 0 Å². The Morgan fingerprint density at radius 2 is 1.85 bits per heavy atom. The first-order chi connectivity index (χ1) is 16.0. The van der Waals surface area contributed by atoms with Gasteiger partial charge in [-0.2, -0.15) is 4.39 Å². The van der Waals surface area contributed by atoms with E-state index in [1.807, 2.05) is 47.0 Å². The molecule has 0 aliphatic heterocycles. The molecular formula is C22H17FN6O3S. The van der Waals surface area contributed by atoms with Crippen molar-refractivity contribution in [3.8, 4) is 11.4 Å². The summed E-state index contributed by atoms with van der Waals surface area (Å²) in [6.07, 6.45) is 3.33. The van der Waals surface area contributed by atoms with Gasteiger partial charge in [-0.05, 0) is 29.8 Å². The van der Waals surface area contributed by atoms with E-state index < -0.39 is 22.3 Å². The molecule has 33 heavy (non-hydrogen) atoms. The number of aromatic nitrogens is 4. The molecule has 2 aromatic heterocycles. The standard InChI is InChI=1S/C22H17FN6O3S/c23-18-7-6-17(12-19(18)29(31)32)25-20(30)14-33-22-27-26-21(16-8-10-24-11-9-16)28(22)13-15-4-2-1-3-5-15/h1-12H,13-14H2,(H,25,30). The second-order valence-electron chi connectivity index (χ2n) is 6.87. The first-order valence-electron chi connectivity index (χ1n) is 9.75. The lowest BCUT2D eigenvalue weighted by atomic mass is 10.2. The Morgan fingerprint density at radius 3 is 2.58 bits per heavy atom. The molecule has 9 nitrogen and oxygen atoms in total. The maximum atomic E-state index is 13.5. The topological polar surface area (TPSA) is 116 Å². The van der Waals surface area contributed by atoms with Gasteiger partial charge in [0.2, 0.25) is 11.7 Å². The van der Waals surface area contributed by atoms with E-state index in [-0.39, 0.29) is 11.4 Å². The van der Waals surface area contributed by atoms with E-state index in [2.05, 4.69) is 20.5 Å². The summed E-state index contributed by atoms with van der Waals surface area (Å²) >= 11 is 1.18. The molecule has 0 aliphatic rings. The smallest absolute Gasteiger partial charge is 0.306 e. The van der Waals surface area contributed by atoms with E-state index in [0.29, 0.717) is 17.5 Å². The van der Waals surface area contributed by atoms with Crippen LogP contribution in [0.4, 0.5) is 15.8 Å². The van der Waals surface area contributed by atoms with Crippen molar-refractivity contribution in [3.05, 3.63) is 94.6 Å². The molecule has 1 N–H and O–H groups in total. The highest BCUT2D eigenvalue weighted by Crippen LogP contribution is 2.26. The predicted octanol–water partition coefficient (Wildman–Crippen LogP) is 4.17. The lowest BCUT2D eigenvalue weighted by Gasteiger charge is -2.10. The largest absolute Gasteiger partial charge is 0.325 e. The average Bonchev–Trinajstić information content (AvgIpc) is 3.22. The van der Waals surface area contributed by atoms with E-state index in [0.717, 1.165) is 23.3 Å². The van der Waals surface area contributed by atoms with Crippen molar-refractivity contribution in [2.24, 2.45) is 0 Å². The first-order valence-corrected chi connectivity index (χ1v) is 10.7. The molecule has 0 saturated carbocycles. The summed E-state index contributed by atoms with van der Waals surface area (Å²) in [6, 6.07) is 16.6. The number of anilines is 1. The summed E-state index contributed by atoms with van der Waals surface area (Å²) in [7, 11) is 0. The number of hydrogen-bond acceptors (Lipinski definition) is 7. The van der Waals surface area contributed by atoms with Crippen molar-refractivity contribution in [1.82, 2.24) is 19.7 Å². The first kappa shape index (κ1) is 22.1. The number of pyridine rings is 1. The molecule has 2 aromatic carbocycles. The van der Waals surface area contributed by atoms with E-state index >= 15 is 0 Å². The minimum Gasteiger partial charge on any atom is -0.325 e. The summed E-state index contributed by atoms with van der Waals surface area (Å²) in [5.74, 6) is -0.766. The molecule has 0 atom stereocenters. The maximum absolute atomic E-state index is 13.5. The van der Waals surface area contributed by atoms with E-state index in [4.69, 9.17) is 0 Å². The van der Waals surface area contributed by atoms with Crippen LogP contribution in [0.1, 0.15) is 5.56 Å². The number of halogens is 1. The quantitative estimate of drug-likeness (QED) is 0.236. The van der Waals surface area contributed by atoms with Crippen LogP contribution in [0.2, 0.25) is 0 Å². The second-order valence-corrected chi connectivity index (χ2v) is 7.82. The molecule has 0 unspecified atom stereocenters. The molecule has 4 rings (SSSR count). The van der Waals surface area contributed by atoms with E-state index in [9.17, 15) is 19.3 Å². The van der Waals surface area contributed by atoms with Crippen molar-refractivity contribution in [1.29, 1.82) is 0 Å². The van der Waals surface area contributed by atoms with Crippen molar-refractivity contribution >= 4 is 29.0 Å². The van der Waals surface area contributed by atoms with Crippen LogP contribution >= 0.6 is 11.8 Å². The summed E-state index contributed by atoms with van der Waals surface area (Å²) in [6.45, 7) is 0.500. The molecule has 166 valence electrons. The van der Waals surface area contributed by atoms with Crippen molar-refractivity contribution in [2.45, 2.75) is 11.7 Å². The van der Waals surface area contributed by atoms with Crippen LogP contribution in [0.15, 0.2) is 78.2 Å². The molecule has 11 heteroatoms. The van der Waals surface area contributed by atoms with Gasteiger partial charge in [0.05, 0.1) is 17.2 Å². The third-order valence-corrected chi connectivity index (χ3v) is 5.56. The molecule has 0 bridgehead atoms.